The summed E-state index contributed by atoms with van der Waals surface area (Å²) in [6.07, 6.45) is 1.83. The molecule has 178 valence electrons. The molecule has 4 aromatic heterocycles. The van der Waals surface area contributed by atoms with Gasteiger partial charge in [0.2, 0.25) is 0 Å². The molecule has 1 aromatic carbocycles. The second kappa shape index (κ2) is 8.50. The molecule has 0 unspecified atom stereocenters. The second-order valence-corrected chi connectivity index (χ2v) is 8.93. The van der Waals surface area contributed by atoms with Gasteiger partial charge in [0.1, 0.15) is 0 Å². The van der Waals surface area contributed by atoms with E-state index >= 15 is 0 Å². The van der Waals surface area contributed by atoms with Crippen molar-refractivity contribution in [3.05, 3.63) is 64.6 Å². The molecule has 0 saturated heterocycles. The third-order valence-corrected chi connectivity index (χ3v) is 6.48. The summed E-state index contributed by atoms with van der Waals surface area (Å²) in [5.74, 6) is 0.315. The Morgan fingerprint density at radius 3 is 2.60 bits per heavy atom. The Morgan fingerprint density at radius 1 is 1.09 bits per heavy atom. The van der Waals surface area contributed by atoms with Crippen molar-refractivity contribution in [1.82, 2.24) is 34.8 Å². The van der Waals surface area contributed by atoms with Crippen LogP contribution >= 0.6 is 0 Å². The summed E-state index contributed by atoms with van der Waals surface area (Å²) in [5, 5.41) is 13.0. The van der Waals surface area contributed by atoms with Crippen LogP contribution in [0, 0.1) is 20.8 Å². The van der Waals surface area contributed by atoms with Gasteiger partial charge >= 0.3 is 0 Å². The normalized spacial score (nSPS) is 11.5. The van der Waals surface area contributed by atoms with Crippen LogP contribution in [0.2, 0.25) is 0 Å². The second-order valence-electron chi connectivity index (χ2n) is 8.93. The lowest BCUT2D eigenvalue weighted by Gasteiger charge is -2.19. The molecule has 5 rings (SSSR count). The number of hydrogen-bond donors (Lipinski definition) is 2. The molecule has 9 heteroatoms. The van der Waals surface area contributed by atoms with Crippen LogP contribution in [0.25, 0.3) is 33.2 Å². The molecule has 35 heavy (non-hydrogen) atoms. The predicted octanol–water partition coefficient (Wildman–Crippen LogP) is 4.17. The Kier molecular flexibility index (Phi) is 5.47. The van der Waals surface area contributed by atoms with E-state index in [0.717, 1.165) is 50.9 Å². The van der Waals surface area contributed by atoms with Crippen LogP contribution in [0.5, 0.6) is 0 Å². The number of fused-ring (bicyclic) bond motifs is 2. The topological polar surface area (TPSA) is 119 Å². The molecular formula is C26H28N8O. The van der Waals surface area contributed by atoms with Crippen molar-refractivity contribution >= 4 is 33.5 Å². The van der Waals surface area contributed by atoms with Gasteiger partial charge in [-0.15, -0.1) is 0 Å². The Balaban J connectivity index is 1.61. The van der Waals surface area contributed by atoms with Crippen LogP contribution in [0.1, 0.15) is 39.8 Å². The summed E-state index contributed by atoms with van der Waals surface area (Å²) in [7, 11) is 1.81. The highest BCUT2D eigenvalue weighted by atomic mass is 16.2. The number of nitrogens with zero attached hydrogens (tertiary/aromatic N) is 6. The first kappa shape index (κ1) is 22.5. The van der Waals surface area contributed by atoms with Gasteiger partial charge in [0.15, 0.2) is 5.82 Å². The Hall–Kier alpha value is -4.27. The highest BCUT2D eigenvalue weighted by molar-refractivity contribution is 6.07. The van der Waals surface area contributed by atoms with E-state index in [2.05, 4.69) is 22.2 Å². The van der Waals surface area contributed by atoms with E-state index in [1.54, 1.807) is 4.90 Å². The lowest BCUT2D eigenvalue weighted by atomic mass is 10.0. The molecule has 0 bridgehead atoms. The third-order valence-electron chi connectivity index (χ3n) is 6.48. The maximum absolute atomic E-state index is 13.8. The van der Waals surface area contributed by atoms with Crippen LogP contribution < -0.4 is 5.73 Å². The fraction of sp³-hybridized carbons (Fsp3) is 0.269. The first-order valence-electron chi connectivity index (χ1n) is 11.6. The smallest absolute Gasteiger partial charge is 0.254 e. The summed E-state index contributed by atoms with van der Waals surface area (Å²) in [5.41, 5.74) is 13.3. The van der Waals surface area contributed by atoms with E-state index in [4.69, 9.17) is 15.7 Å². The van der Waals surface area contributed by atoms with E-state index < -0.39 is 0 Å². The predicted molar refractivity (Wildman–Crippen MR) is 137 cm³/mol. The van der Waals surface area contributed by atoms with Crippen LogP contribution in [0.4, 0.5) is 5.82 Å². The number of carbonyl (C=O) groups is 1. The minimum atomic E-state index is -0.0893. The van der Waals surface area contributed by atoms with E-state index in [1.807, 2.05) is 69.0 Å². The number of pyridine rings is 2. The van der Waals surface area contributed by atoms with Crippen molar-refractivity contribution in [2.45, 2.75) is 40.8 Å². The van der Waals surface area contributed by atoms with Crippen LogP contribution in [-0.2, 0) is 13.1 Å². The summed E-state index contributed by atoms with van der Waals surface area (Å²) in [6.45, 7) is 9.24. The third kappa shape index (κ3) is 3.88. The minimum Gasteiger partial charge on any atom is -0.382 e. The van der Waals surface area contributed by atoms with Crippen LogP contribution in [0.3, 0.4) is 0 Å². The number of aromatic amines is 1. The lowest BCUT2D eigenvalue weighted by Crippen LogP contribution is -2.27. The van der Waals surface area contributed by atoms with E-state index in [9.17, 15) is 4.79 Å². The molecule has 5 aromatic rings. The summed E-state index contributed by atoms with van der Waals surface area (Å²) in [4.78, 5) is 25.0. The first-order chi connectivity index (χ1) is 16.8. The molecule has 0 aliphatic rings. The Bertz CT molecular complexity index is 1600. The van der Waals surface area contributed by atoms with Crippen molar-refractivity contribution in [1.29, 1.82) is 0 Å². The van der Waals surface area contributed by atoms with Gasteiger partial charge in [0, 0.05) is 42.2 Å². The molecular weight excluding hydrogens is 440 g/mol. The number of H-pyrrole nitrogens is 1. The quantitative estimate of drug-likeness (QED) is 0.400. The molecule has 0 spiro atoms. The van der Waals surface area contributed by atoms with E-state index in [0.29, 0.717) is 29.3 Å². The van der Waals surface area contributed by atoms with Gasteiger partial charge < -0.3 is 10.6 Å². The zero-order valence-electron chi connectivity index (χ0n) is 20.5. The molecule has 0 aliphatic carbocycles. The van der Waals surface area contributed by atoms with Gasteiger partial charge in [-0.25, -0.2) is 9.97 Å². The summed E-state index contributed by atoms with van der Waals surface area (Å²) >= 11 is 0. The number of hydrogen-bond acceptors (Lipinski definition) is 6. The van der Waals surface area contributed by atoms with Gasteiger partial charge in [0.05, 0.1) is 39.9 Å². The van der Waals surface area contributed by atoms with Crippen molar-refractivity contribution in [2.24, 2.45) is 0 Å². The van der Waals surface area contributed by atoms with Gasteiger partial charge in [-0.2, -0.15) is 10.2 Å². The minimum absolute atomic E-state index is 0.0893. The molecule has 1 amide bonds. The number of aryl methyl sites for hydroxylation is 3. The number of aromatic nitrogens is 6. The van der Waals surface area contributed by atoms with Crippen molar-refractivity contribution in [2.75, 3.05) is 12.8 Å². The van der Waals surface area contributed by atoms with Crippen LogP contribution in [0.15, 0.2) is 36.5 Å². The summed E-state index contributed by atoms with van der Waals surface area (Å²) < 4.78 is 1.93. The standard InChI is InChI=1S/C26H28N8O/c1-6-34-16(4)17(12-28-34)13-33(5)26(35)19-10-23(30-21-8-7-14(2)9-18(19)21)22-11-20-24(15(3)29-22)31-32-25(20)27/h7-12H,6,13H2,1-5H3,(H3,27,31,32). The number of nitrogens with one attached hydrogen (secondary N) is 1. The fourth-order valence-electron chi connectivity index (χ4n) is 4.46. The number of carbonyl (C=O) groups excluding carboxylic acids is 1. The van der Waals surface area contributed by atoms with Gasteiger partial charge in [0.25, 0.3) is 5.91 Å². The average Bonchev–Trinajstić information content (AvgIpc) is 3.40. The highest BCUT2D eigenvalue weighted by Gasteiger charge is 2.20. The average molecular weight is 469 g/mol. The van der Waals surface area contributed by atoms with E-state index in [1.165, 1.54) is 0 Å². The van der Waals surface area contributed by atoms with Crippen molar-refractivity contribution in [3.63, 3.8) is 0 Å². The maximum atomic E-state index is 13.8. The summed E-state index contributed by atoms with van der Waals surface area (Å²) in [6, 6.07) is 9.63. The van der Waals surface area contributed by atoms with Gasteiger partial charge in [-0.05, 0) is 52.0 Å². The number of anilines is 1. The largest absolute Gasteiger partial charge is 0.382 e. The molecule has 0 atom stereocenters. The van der Waals surface area contributed by atoms with Gasteiger partial charge in [-0.3, -0.25) is 14.6 Å². The monoisotopic (exact) mass is 468 g/mol. The molecule has 0 saturated carbocycles. The SMILES string of the molecule is CCn1ncc(CN(C)C(=O)c2cc(-c3cc4c(N)n[nH]c4c(C)n3)nc3ccc(C)cc23)c1C. The van der Waals surface area contributed by atoms with Crippen LogP contribution in [-0.4, -0.2) is 47.8 Å². The van der Waals surface area contributed by atoms with E-state index in [-0.39, 0.29) is 5.91 Å². The number of amides is 1. The molecule has 9 nitrogen and oxygen atoms in total. The highest BCUT2D eigenvalue weighted by Crippen LogP contribution is 2.29. The maximum Gasteiger partial charge on any atom is 0.254 e. The fourth-order valence-corrected chi connectivity index (χ4v) is 4.46. The number of nitrogens with two attached hydrogens (primary N) is 1. The zero-order chi connectivity index (χ0) is 24.9. The molecule has 0 aliphatic heterocycles. The Morgan fingerprint density at radius 2 is 1.86 bits per heavy atom. The lowest BCUT2D eigenvalue weighted by molar-refractivity contribution is 0.0787. The number of rotatable bonds is 5. The van der Waals surface area contributed by atoms with Crippen molar-refractivity contribution in [3.8, 4) is 11.4 Å². The molecule has 0 fully saturated rings. The zero-order valence-corrected chi connectivity index (χ0v) is 20.5. The Labute approximate surface area is 203 Å². The van der Waals surface area contributed by atoms with Crippen molar-refractivity contribution < 1.29 is 4.79 Å². The molecule has 0 radical (unpaired) electrons. The molecule has 4 heterocycles. The number of benzene rings is 1. The molecule has 3 N–H and O–H groups in total. The number of nitrogen functional groups attached to an aromatic ring is 1. The first-order valence-corrected chi connectivity index (χ1v) is 11.6. The van der Waals surface area contributed by atoms with Gasteiger partial charge in [-0.1, -0.05) is 11.6 Å².